The number of halogens is 2. The SMILES string of the molecule is CN(C)CCCNc1c2c(nc3ccccc13)CCC2.Cl.Cl. The quantitative estimate of drug-likeness (QED) is 0.835. The predicted molar refractivity (Wildman–Crippen MR) is 99.9 cm³/mol. The summed E-state index contributed by atoms with van der Waals surface area (Å²) in [7, 11) is 4.25. The first-order chi connectivity index (χ1) is 9.75. The molecule has 0 saturated heterocycles. The Morgan fingerprint density at radius 1 is 1.14 bits per heavy atom. The Balaban J connectivity index is 0.00000121. The predicted octanol–water partition coefficient (Wildman–Crippen LogP) is 3.93. The highest BCUT2D eigenvalue weighted by Crippen LogP contribution is 2.33. The summed E-state index contributed by atoms with van der Waals surface area (Å²) in [6.45, 7) is 2.15. The number of hydrogen-bond donors (Lipinski definition) is 1. The highest BCUT2D eigenvalue weighted by molar-refractivity contribution is 5.93. The number of rotatable bonds is 5. The van der Waals surface area contributed by atoms with E-state index in [2.05, 4.69) is 48.6 Å². The number of aryl methyl sites for hydroxylation is 1. The van der Waals surface area contributed by atoms with Gasteiger partial charge in [0.1, 0.15) is 0 Å². The molecule has 1 aromatic heterocycles. The molecule has 0 unspecified atom stereocenters. The lowest BCUT2D eigenvalue weighted by Crippen LogP contribution is -2.17. The van der Waals surface area contributed by atoms with Crippen LogP contribution in [0.1, 0.15) is 24.1 Å². The van der Waals surface area contributed by atoms with Gasteiger partial charge < -0.3 is 10.2 Å². The van der Waals surface area contributed by atoms with E-state index in [1.54, 1.807) is 0 Å². The number of pyridine rings is 1. The van der Waals surface area contributed by atoms with E-state index in [4.69, 9.17) is 4.98 Å². The van der Waals surface area contributed by atoms with Gasteiger partial charge in [-0.3, -0.25) is 4.98 Å². The molecule has 0 saturated carbocycles. The van der Waals surface area contributed by atoms with E-state index >= 15 is 0 Å². The number of fused-ring (bicyclic) bond motifs is 2. The number of nitrogens with zero attached hydrogens (tertiary/aromatic N) is 2. The van der Waals surface area contributed by atoms with Gasteiger partial charge in [-0.25, -0.2) is 0 Å². The third-order valence-electron chi connectivity index (χ3n) is 4.00. The first-order valence-electron chi connectivity index (χ1n) is 7.55. The van der Waals surface area contributed by atoms with Crippen LogP contribution in [-0.2, 0) is 12.8 Å². The Morgan fingerprint density at radius 2 is 1.91 bits per heavy atom. The first-order valence-corrected chi connectivity index (χ1v) is 7.55. The number of benzene rings is 1. The van der Waals surface area contributed by atoms with Gasteiger partial charge in [0.15, 0.2) is 0 Å². The van der Waals surface area contributed by atoms with E-state index in [9.17, 15) is 0 Å². The summed E-state index contributed by atoms with van der Waals surface area (Å²) in [5.74, 6) is 0. The molecule has 0 bridgehead atoms. The van der Waals surface area contributed by atoms with Crippen molar-refractivity contribution in [1.29, 1.82) is 0 Å². The lowest BCUT2D eigenvalue weighted by atomic mass is 10.1. The average Bonchev–Trinajstić information content (AvgIpc) is 2.90. The molecule has 3 nitrogen and oxygen atoms in total. The Morgan fingerprint density at radius 3 is 2.68 bits per heavy atom. The zero-order valence-corrected chi connectivity index (χ0v) is 14.9. The molecule has 0 atom stereocenters. The monoisotopic (exact) mass is 341 g/mol. The number of nitrogens with one attached hydrogen (secondary N) is 1. The second-order valence-electron chi connectivity index (χ2n) is 5.87. The van der Waals surface area contributed by atoms with Gasteiger partial charge in [0.05, 0.1) is 5.52 Å². The zero-order valence-electron chi connectivity index (χ0n) is 13.3. The first kappa shape index (κ1) is 19.0. The molecule has 1 heterocycles. The van der Waals surface area contributed by atoms with Crippen LogP contribution in [0.2, 0.25) is 0 Å². The van der Waals surface area contributed by atoms with E-state index in [1.165, 1.54) is 41.6 Å². The number of anilines is 1. The molecule has 2 aromatic rings. The van der Waals surface area contributed by atoms with Crippen LogP contribution in [-0.4, -0.2) is 37.1 Å². The molecule has 0 fully saturated rings. The van der Waals surface area contributed by atoms with Gasteiger partial charge in [0.2, 0.25) is 0 Å². The zero-order chi connectivity index (χ0) is 13.9. The fraction of sp³-hybridized carbons (Fsp3) is 0.471. The smallest absolute Gasteiger partial charge is 0.0726 e. The summed E-state index contributed by atoms with van der Waals surface area (Å²) in [6.07, 6.45) is 4.71. The highest BCUT2D eigenvalue weighted by Gasteiger charge is 2.18. The van der Waals surface area contributed by atoms with Crippen LogP contribution in [0.3, 0.4) is 0 Å². The molecule has 0 amide bonds. The fourth-order valence-electron chi connectivity index (χ4n) is 3.02. The van der Waals surface area contributed by atoms with Crippen LogP contribution >= 0.6 is 24.8 Å². The second kappa shape index (κ2) is 8.56. The molecule has 3 rings (SSSR count). The van der Waals surface area contributed by atoms with Crippen molar-refractivity contribution >= 4 is 41.4 Å². The van der Waals surface area contributed by atoms with Crippen LogP contribution in [0.15, 0.2) is 24.3 Å². The summed E-state index contributed by atoms with van der Waals surface area (Å²) >= 11 is 0. The lowest BCUT2D eigenvalue weighted by Gasteiger charge is -2.15. The summed E-state index contributed by atoms with van der Waals surface area (Å²) in [5, 5.41) is 4.95. The number of para-hydroxylation sites is 1. The molecule has 1 aliphatic carbocycles. The largest absolute Gasteiger partial charge is 0.384 e. The van der Waals surface area contributed by atoms with Crippen molar-refractivity contribution < 1.29 is 0 Å². The minimum atomic E-state index is 0. The van der Waals surface area contributed by atoms with Gasteiger partial charge in [-0.15, -0.1) is 24.8 Å². The maximum Gasteiger partial charge on any atom is 0.0726 e. The van der Waals surface area contributed by atoms with Crippen molar-refractivity contribution in [3.8, 4) is 0 Å². The molecule has 5 heteroatoms. The van der Waals surface area contributed by atoms with Crippen LogP contribution in [0, 0.1) is 0 Å². The van der Waals surface area contributed by atoms with Crippen molar-refractivity contribution in [2.45, 2.75) is 25.7 Å². The molecular formula is C17H25Cl2N3. The lowest BCUT2D eigenvalue weighted by molar-refractivity contribution is 0.405. The average molecular weight is 342 g/mol. The van der Waals surface area contributed by atoms with Gasteiger partial charge in [0.25, 0.3) is 0 Å². The standard InChI is InChI=1S/C17H23N3.2ClH/c1-20(2)12-6-11-18-17-13-7-3-4-9-15(13)19-16-10-5-8-14(16)17;;/h3-4,7,9H,5-6,8,10-12H2,1-2H3,(H,18,19);2*1H. The van der Waals surface area contributed by atoms with Gasteiger partial charge in [-0.1, -0.05) is 18.2 Å². The van der Waals surface area contributed by atoms with Gasteiger partial charge in [-0.05, 0) is 58.0 Å². The Bertz CT molecular complexity index is 614. The molecule has 1 aromatic carbocycles. The molecule has 1 N–H and O–H groups in total. The van der Waals surface area contributed by atoms with Crippen LogP contribution in [0.25, 0.3) is 10.9 Å². The number of hydrogen-bond acceptors (Lipinski definition) is 3. The summed E-state index contributed by atoms with van der Waals surface area (Å²) in [4.78, 5) is 7.06. The minimum absolute atomic E-state index is 0. The summed E-state index contributed by atoms with van der Waals surface area (Å²) < 4.78 is 0. The molecular weight excluding hydrogens is 317 g/mol. The topological polar surface area (TPSA) is 28.2 Å². The van der Waals surface area contributed by atoms with Crippen molar-refractivity contribution in [3.63, 3.8) is 0 Å². The molecule has 0 aliphatic heterocycles. The molecule has 0 spiro atoms. The molecule has 1 aliphatic rings. The van der Waals surface area contributed by atoms with Gasteiger partial charge in [0, 0.05) is 23.3 Å². The van der Waals surface area contributed by atoms with E-state index in [0.717, 1.165) is 25.0 Å². The third kappa shape index (κ3) is 4.03. The Labute approximate surface area is 145 Å². The maximum absolute atomic E-state index is 4.82. The van der Waals surface area contributed by atoms with Crippen molar-refractivity contribution in [1.82, 2.24) is 9.88 Å². The normalized spacial score (nSPS) is 12.7. The fourth-order valence-corrected chi connectivity index (χ4v) is 3.02. The van der Waals surface area contributed by atoms with Crippen LogP contribution < -0.4 is 5.32 Å². The summed E-state index contributed by atoms with van der Waals surface area (Å²) in [5.41, 5.74) is 5.22. The third-order valence-corrected chi connectivity index (χ3v) is 4.00. The van der Waals surface area contributed by atoms with Crippen molar-refractivity contribution in [2.24, 2.45) is 0 Å². The molecule has 22 heavy (non-hydrogen) atoms. The maximum atomic E-state index is 4.82. The Hall–Kier alpha value is -1.03. The van der Waals surface area contributed by atoms with E-state index in [0.29, 0.717) is 0 Å². The van der Waals surface area contributed by atoms with E-state index in [1.807, 2.05) is 0 Å². The highest BCUT2D eigenvalue weighted by atomic mass is 35.5. The summed E-state index contributed by atoms with van der Waals surface area (Å²) in [6, 6.07) is 8.50. The van der Waals surface area contributed by atoms with Crippen LogP contribution in [0.5, 0.6) is 0 Å². The number of aromatic nitrogens is 1. The van der Waals surface area contributed by atoms with Gasteiger partial charge >= 0.3 is 0 Å². The molecule has 0 radical (unpaired) electrons. The van der Waals surface area contributed by atoms with Crippen molar-refractivity contribution in [3.05, 3.63) is 35.5 Å². The van der Waals surface area contributed by atoms with E-state index in [-0.39, 0.29) is 24.8 Å². The minimum Gasteiger partial charge on any atom is -0.384 e. The van der Waals surface area contributed by atoms with Crippen molar-refractivity contribution in [2.75, 3.05) is 32.5 Å². The van der Waals surface area contributed by atoms with Gasteiger partial charge in [-0.2, -0.15) is 0 Å². The van der Waals surface area contributed by atoms with Crippen LogP contribution in [0.4, 0.5) is 5.69 Å². The molecule has 122 valence electrons. The van der Waals surface area contributed by atoms with E-state index < -0.39 is 0 Å². The second-order valence-corrected chi connectivity index (χ2v) is 5.87. The Kier molecular flexibility index (Phi) is 7.40.